The van der Waals surface area contributed by atoms with Gasteiger partial charge in [-0.2, -0.15) is 0 Å². The molecule has 5 heteroatoms. The Bertz CT molecular complexity index is 384. The quantitative estimate of drug-likeness (QED) is 0.915. The highest BCUT2D eigenvalue weighted by molar-refractivity contribution is 6.32. The number of nitrogens with one attached hydrogen (secondary N) is 1. The molecule has 2 rings (SSSR count). The summed E-state index contributed by atoms with van der Waals surface area (Å²) in [5.41, 5.74) is 0.410. The topological polar surface area (TPSA) is 45.5 Å². The molecule has 1 saturated heterocycles. The Balaban J connectivity index is 1.71. The fourth-order valence-corrected chi connectivity index (χ4v) is 2.44. The molecule has 0 aromatic carbocycles. The lowest BCUT2D eigenvalue weighted by Crippen LogP contribution is -2.35. The van der Waals surface area contributed by atoms with Gasteiger partial charge in [-0.25, -0.2) is 0 Å². The third kappa shape index (κ3) is 3.75. The minimum atomic E-state index is -0.163. The molecule has 1 aromatic heterocycles. The third-order valence-electron chi connectivity index (χ3n) is 3.27. The average molecular weight is 271 g/mol. The van der Waals surface area contributed by atoms with Gasteiger partial charge in [-0.15, -0.1) is 0 Å². The van der Waals surface area contributed by atoms with E-state index in [0.717, 1.165) is 19.6 Å². The Morgan fingerprint density at radius 1 is 1.33 bits per heavy atom. The molecule has 2 heterocycles. The molecule has 0 saturated carbocycles. The fraction of sp³-hybridized carbons (Fsp3) is 0.615. The van der Waals surface area contributed by atoms with Crippen molar-refractivity contribution in [2.75, 3.05) is 26.2 Å². The molecule has 1 aliphatic rings. The lowest BCUT2D eigenvalue weighted by atomic mass is 10.2. The van der Waals surface area contributed by atoms with Crippen LogP contribution in [0.4, 0.5) is 0 Å². The van der Waals surface area contributed by atoms with Gasteiger partial charge in [0, 0.05) is 13.1 Å². The van der Waals surface area contributed by atoms with Gasteiger partial charge < -0.3 is 14.6 Å². The molecule has 0 radical (unpaired) electrons. The summed E-state index contributed by atoms with van der Waals surface area (Å²) in [7, 11) is 0. The molecule has 100 valence electrons. The maximum Gasteiger partial charge on any atom is 0.256 e. The van der Waals surface area contributed by atoms with Crippen LogP contribution in [0.5, 0.6) is 0 Å². The van der Waals surface area contributed by atoms with Crippen LogP contribution >= 0.6 is 11.6 Å². The van der Waals surface area contributed by atoms with E-state index >= 15 is 0 Å². The molecule has 1 aromatic rings. The molecule has 0 spiro atoms. The molecule has 1 fully saturated rings. The maximum absolute atomic E-state index is 11.8. The number of carbonyl (C=O) groups excluding carboxylic acids is 1. The number of likely N-dealkylation sites (tertiary alicyclic amines) is 1. The van der Waals surface area contributed by atoms with Crippen LogP contribution in [0.15, 0.2) is 16.7 Å². The molecule has 1 aliphatic heterocycles. The van der Waals surface area contributed by atoms with Crippen molar-refractivity contribution in [1.82, 2.24) is 10.2 Å². The highest BCUT2D eigenvalue weighted by Gasteiger charge is 2.13. The summed E-state index contributed by atoms with van der Waals surface area (Å²) in [5, 5.41) is 3.02. The van der Waals surface area contributed by atoms with Crippen molar-refractivity contribution in [2.45, 2.75) is 25.7 Å². The van der Waals surface area contributed by atoms with Gasteiger partial charge in [0.25, 0.3) is 5.91 Å². The van der Waals surface area contributed by atoms with Crippen LogP contribution in [-0.4, -0.2) is 37.0 Å². The van der Waals surface area contributed by atoms with Gasteiger partial charge in [-0.05, 0) is 43.6 Å². The number of carbonyl (C=O) groups is 1. The molecule has 0 atom stereocenters. The van der Waals surface area contributed by atoms with Gasteiger partial charge >= 0.3 is 0 Å². The Hall–Kier alpha value is -1.00. The van der Waals surface area contributed by atoms with E-state index in [1.54, 1.807) is 6.07 Å². The van der Waals surface area contributed by atoms with Crippen LogP contribution in [0, 0.1) is 0 Å². The van der Waals surface area contributed by atoms with Gasteiger partial charge in [-0.3, -0.25) is 4.79 Å². The number of halogens is 1. The van der Waals surface area contributed by atoms with Crippen molar-refractivity contribution >= 4 is 17.5 Å². The van der Waals surface area contributed by atoms with Crippen LogP contribution in [-0.2, 0) is 0 Å². The van der Waals surface area contributed by atoms with E-state index in [1.165, 1.54) is 31.9 Å². The van der Waals surface area contributed by atoms with Gasteiger partial charge in [0.15, 0.2) is 0 Å². The maximum atomic E-state index is 11.8. The van der Waals surface area contributed by atoms with Crippen molar-refractivity contribution in [1.29, 1.82) is 0 Å². The van der Waals surface area contributed by atoms with Crippen molar-refractivity contribution < 1.29 is 9.21 Å². The van der Waals surface area contributed by atoms with Crippen molar-refractivity contribution in [2.24, 2.45) is 0 Å². The number of rotatable bonds is 4. The Morgan fingerprint density at radius 3 is 2.67 bits per heavy atom. The third-order valence-corrected chi connectivity index (χ3v) is 3.57. The minimum Gasteiger partial charge on any atom is -0.452 e. The molecule has 0 bridgehead atoms. The van der Waals surface area contributed by atoms with Crippen molar-refractivity contribution in [3.8, 4) is 0 Å². The van der Waals surface area contributed by atoms with Gasteiger partial charge in [0.1, 0.15) is 0 Å². The summed E-state index contributed by atoms with van der Waals surface area (Å²) >= 11 is 5.75. The van der Waals surface area contributed by atoms with Gasteiger partial charge in [0.2, 0.25) is 5.22 Å². The molecule has 0 unspecified atom stereocenters. The molecule has 1 amide bonds. The van der Waals surface area contributed by atoms with Crippen LogP contribution in [0.25, 0.3) is 0 Å². The predicted octanol–water partition coefficient (Wildman–Crippen LogP) is 2.54. The molecule has 18 heavy (non-hydrogen) atoms. The highest BCUT2D eigenvalue weighted by Crippen LogP contribution is 2.16. The van der Waals surface area contributed by atoms with Crippen molar-refractivity contribution in [3.05, 3.63) is 23.1 Å². The Morgan fingerprint density at radius 2 is 2.06 bits per heavy atom. The molecule has 0 aliphatic carbocycles. The zero-order valence-corrected chi connectivity index (χ0v) is 11.2. The van der Waals surface area contributed by atoms with E-state index in [2.05, 4.69) is 10.2 Å². The Kier molecular flexibility index (Phi) is 5.08. The lowest BCUT2D eigenvalue weighted by molar-refractivity contribution is 0.0948. The van der Waals surface area contributed by atoms with Crippen LogP contribution in [0.2, 0.25) is 5.22 Å². The second-order valence-electron chi connectivity index (χ2n) is 4.62. The first-order chi connectivity index (χ1) is 8.77. The van der Waals surface area contributed by atoms with Crippen LogP contribution < -0.4 is 5.32 Å². The predicted molar refractivity (Wildman–Crippen MR) is 71.0 cm³/mol. The zero-order valence-electron chi connectivity index (χ0n) is 10.5. The first kappa shape index (κ1) is 13.4. The number of hydrogen-bond acceptors (Lipinski definition) is 3. The second kappa shape index (κ2) is 6.81. The molecule has 4 nitrogen and oxygen atoms in total. The number of hydrogen-bond donors (Lipinski definition) is 1. The first-order valence-electron chi connectivity index (χ1n) is 6.51. The van der Waals surface area contributed by atoms with Crippen molar-refractivity contribution in [3.63, 3.8) is 0 Å². The number of furan rings is 1. The number of amides is 1. The minimum absolute atomic E-state index is 0.155. The van der Waals surface area contributed by atoms with E-state index in [9.17, 15) is 4.79 Å². The standard InChI is InChI=1S/C13H19ClN2O2/c14-12-11(5-10-18-12)13(17)15-6-9-16-7-3-1-2-4-8-16/h5,10H,1-4,6-9H2,(H,15,17). The normalized spacial score (nSPS) is 17.4. The van der Waals surface area contributed by atoms with E-state index < -0.39 is 0 Å². The monoisotopic (exact) mass is 270 g/mol. The number of nitrogens with zero attached hydrogens (tertiary/aromatic N) is 1. The summed E-state index contributed by atoms with van der Waals surface area (Å²) in [6.07, 6.45) is 6.61. The smallest absolute Gasteiger partial charge is 0.256 e. The van der Waals surface area contributed by atoms with Gasteiger partial charge in [0.05, 0.1) is 11.8 Å². The van der Waals surface area contributed by atoms with E-state index in [1.807, 2.05) is 0 Å². The zero-order chi connectivity index (χ0) is 12.8. The fourth-order valence-electron chi connectivity index (χ4n) is 2.24. The lowest BCUT2D eigenvalue weighted by Gasteiger charge is -2.19. The summed E-state index contributed by atoms with van der Waals surface area (Å²) in [6.45, 7) is 3.84. The Labute approximate surface area is 112 Å². The highest BCUT2D eigenvalue weighted by atomic mass is 35.5. The van der Waals surface area contributed by atoms with E-state index in [-0.39, 0.29) is 11.1 Å². The first-order valence-corrected chi connectivity index (χ1v) is 6.89. The molecular weight excluding hydrogens is 252 g/mol. The summed E-state index contributed by atoms with van der Waals surface area (Å²) in [4.78, 5) is 14.2. The average Bonchev–Trinajstić information content (AvgIpc) is 2.63. The SMILES string of the molecule is O=C(NCCN1CCCCCC1)c1ccoc1Cl. The largest absolute Gasteiger partial charge is 0.452 e. The van der Waals surface area contributed by atoms with Gasteiger partial charge in [-0.1, -0.05) is 12.8 Å². The molecule has 1 N–H and O–H groups in total. The van der Waals surface area contributed by atoms with E-state index in [0.29, 0.717) is 12.1 Å². The van der Waals surface area contributed by atoms with Crippen LogP contribution in [0.3, 0.4) is 0 Å². The second-order valence-corrected chi connectivity index (χ2v) is 4.96. The molecular formula is C13H19ClN2O2. The summed E-state index contributed by atoms with van der Waals surface area (Å²) in [6, 6.07) is 1.59. The van der Waals surface area contributed by atoms with Crippen LogP contribution in [0.1, 0.15) is 36.0 Å². The summed E-state index contributed by atoms with van der Waals surface area (Å²) < 4.78 is 4.89. The summed E-state index contributed by atoms with van der Waals surface area (Å²) in [5.74, 6) is -0.163. The van der Waals surface area contributed by atoms with E-state index in [4.69, 9.17) is 16.0 Å².